The molecule has 0 heterocycles. The summed E-state index contributed by atoms with van der Waals surface area (Å²) in [5.74, 6) is -0.698. The van der Waals surface area contributed by atoms with Crippen LogP contribution in [0.3, 0.4) is 0 Å². The smallest absolute Gasteiger partial charge is 0.246 e. The second-order valence-electron chi connectivity index (χ2n) is 6.59. The normalized spacial score (nSPS) is 11.2. The van der Waals surface area contributed by atoms with Gasteiger partial charge in [0.05, 0.1) is 14.2 Å². The Bertz CT molecular complexity index is 1310. The number of hydrogen-bond acceptors (Lipinski definition) is 8. The van der Waals surface area contributed by atoms with Crippen LogP contribution < -0.4 is 9.47 Å². The van der Waals surface area contributed by atoms with Gasteiger partial charge >= 0.3 is 0 Å². The van der Waals surface area contributed by atoms with Crippen molar-refractivity contribution in [3.63, 3.8) is 0 Å². The van der Waals surface area contributed by atoms with Gasteiger partial charge in [-0.25, -0.2) is 29.8 Å². The van der Waals surface area contributed by atoms with Crippen molar-refractivity contribution in [2.45, 2.75) is 9.79 Å². The van der Waals surface area contributed by atoms with Gasteiger partial charge in [0.2, 0.25) is 20.0 Å². The average Bonchev–Trinajstić information content (AvgIpc) is 2.77. The Hall–Kier alpha value is -3.23. The Kier molecular flexibility index (Phi) is 9.33. The molecule has 0 saturated carbocycles. The highest BCUT2D eigenvalue weighted by molar-refractivity contribution is 7.89. The van der Waals surface area contributed by atoms with Gasteiger partial charge in [0.25, 0.3) is 0 Å². The Morgan fingerprint density at radius 3 is 1.70 bits per heavy atom. The average molecular weight is 499 g/mol. The van der Waals surface area contributed by atoms with Crippen molar-refractivity contribution in [3.8, 4) is 23.6 Å². The molecule has 0 saturated heterocycles. The van der Waals surface area contributed by atoms with E-state index in [1.165, 1.54) is 60.6 Å². The lowest BCUT2D eigenvalue weighted by atomic mass is 10.2. The molecule has 0 aromatic heterocycles. The van der Waals surface area contributed by atoms with E-state index in [-0.39, 0.29) is 27.5 Å². The maximum Gasteiger partial charge on any atom is 0.246 e. The number of sulfonamides is 2. The largest absolute Gasteiger partial charge is 0.495 e. The van der Waals surface area contributed by atoms with Crippen molar-refractivity contribution in [1.82, 2.24) is 8.61 Å². The summed E-state index contributed by atoms with van der Waals surface area (Å²) in [5, 5.41) is 17.9. The highest BCUT2D eigenvalue weighted by atomic mass is 32.2. The van der Waals surface area contributed by atoms with Gasteiger partial charge in [0.1, 0.15) is 50.4 Å². The molecule has 0 N–H and O–H groups in total. The maximum atomic E-state index is 13.6. The Morgan fingerprint density at radius 2 is 1.27 bits per heavy atom. The molecule has 2 aromatic rings. The van der Waals surface area contributed by atoms with Crippen LogP contribution in [0.1, 0.15) is 11.1 Å². The Morgan fingerprint density at radius 1 is 0.788 bits per heavy atom. The van der Waals surface area contributed by atoms with Gasteiger partial charge in [-0.05, 0) is 24.3 Å². The first-order valence-corrected chi connectivity index (χ1v) is 11.9. The second-order valence-corrected chi connectivity index (χ2v) is 10.8. The zero-order valence-electron chi connectivity index (χ0n) is 18.8. The van der Waals surface area contributed by atoms with E-state index in [2.05, 4.69) is 0 Å². The van der Waals surface area contributed by atoms with Crippen LogP contribution in [-0.2, 0) is 20.0 Å². The maximum absolute atomic E-state index is 13.6. The van der Waals surface area contributed by atoms with Crippen LogP contribution in [0.25, 0.3) is 0 Å². The third-order valence-electron chi connectivity index (χ3n) is 4.22. The first kappa shape index (κ1) is 27.8. The number of halogens is 1. The molecular formula is C20H23FN4O6S2. The molecule has 10 nitrogen and oxygen atoms in total. The summed E-state index contributed by atoms with van der Waals surface area (Å²) in [6.07, 6.45) is 0. The zero-order valence-corrected chi connectivity index (χ0v) is 20.5. The van der Waals surface area contributed by atoms with E-state index in [1.54, 1.807) is 12.1 Å². The first-order valence-electron chi connectivity index (χ1n) is 8.99. The van der Waals surface area contributed by atoms with E-state index < -0.39 is 30.8 Å². The van der Waals surface area contributed by atoms with E-state index >= 15 is 0 Å². The van der Waals surface area contributed by atoms with Crippen LogP contribution >= 0.6 is 0 Å². The van der Waals surface area contributed by atoms with Crippen molar-refractivity contribution in [2.24, 2.45) is 0 Å². The van der Waals surface area contributed by atoms with Crippen LogP contribution in [0.2, 0.25) is 0 Å². The van der Waals surface area contributed by atoms with Crippen molar-refractivity contribution in [2.75, 3.05) is 42.4 Å². The predicted octanol–water partition coefficient (Wildman–Crippen LogP) is 1.77. The topological polar surface area (TPSA) is 141 Å². The number of benzene rings is 2. The lowest BCUT2D eigenvalue weighted by Gasteiger charge is -2.14. The number of methoxy groups -OCH3 is 2. The van der Waals surface area contributed by atoms with E-state index in [0.29, 0.717) is 0 Å². The summed E-state index contributed by atoms with van der Waals surface area (Å²) in [7, 11) is 0.365. The molecule has 2 aromatic carbocycles. The van der Waals surface area contributed by atoms with Gasteiger partial charge in [0.15, 0.2) is 0 Å². The standard InChI is InChI=1S/C10H11FN2O3S.C10H12N2O3S/c1-13(2)17(14,15)10-7(6-12)9(16-3)5-4-8(10)11;1-12(2)16(13,14)10-6-4-5-9(15-3)8(10)7-11/h4-5H,1-3H3;4-6H,1-3H3. The van der Waals surface area contributed by atoms with E-state index in [4.69, 9.17) is 20.0 Å². The third kappa shape index (κ3) is 5.77. The Balaban J connectivity index is 0.000000331. The lowest BCUT2D eigenvalue weighted by molar-refractivity contribution is 0.409. The molecular weight excluding hydrogens is 475 g/mol. The molecule has 33 heavy (non-hydrogen) atoms. The third-order valence-corrected chi connectivity index (χ3v) is 7.95. The van der Waals surface area contributed by atoms with E-state index in [0.717, 1.165) is 14.7 Å². The van der Waals surface area contributed by atoms with Crippen molar-refractivity contribution < 1.29 is 30.7 Å². The van der Waals surface area contributed by atoms with Crippen LogP contribution in [0, 0.1) is 28.5 Å². The molecule has 0 aliphatic heterocycles. The number of hydrogen-bond donors (Lipinski definition) is 0. The van der Waals surface area contributed by atoms with Crippen LogP contribution in [0.5, 0.6) is 11.5 Å². The highest BCUT2D eigenvalue weighted by Gasteiger charge is 2.28. The number of nitrogens with zero attached hydrogens (tertiary/aromatic N) is 4. The quantitative estimate of drug-likeness (QED) is 0.587. The first-order chi connectivity index (χ1) is 15.3. The van der Waals surface area contributed by atoms with E-state index in [9.17, 15) is 21.2 Å². The van der Waals surface area contributed by atoms with Gasteiger partial charge in [-0.1, -0.05) is 6.07 Å². The van der Waals surface area contributed by atoms with Gasteiger partial charge in [-0.15, -0.1) is 0 Å². The number of nitriles is 2. The van der Waals surface area contributed by atoms with Crippen molar-refractivity contribution in [1.29, 1.82) is 10.5 Å². The second kappa shape index (κ2) is 11.1. The molecule has 13 heteroatoms. The summed E-state index contributed by atoms with van der Waals surface area (Å²) in [5.41, 5.74) is -0.306. The molecule has 0 fully saturated rings. The van der Waals surface area contributed by atoms with Crippen molar-refractivity contribution >= 4 is 20.0 Å². The molecule has 0 spiro atoms. The molecule has 0 aliphatic rings. The van der Waals surface area contributed by atoms with Gasteiger partial charge < -0.3 is 9.47 Å². The molecule has 0 atom stereocenters. The summed E-state index contributed by atoms with van der Waals surface area (Å²) in [4.78, 5) is -0.705. The molecule has 0 bridgehead atoms. The summed E-state index contributed by atoms with van der Waals surface area (Å²) < 4.78 is 72.8. The minimum Gasteiger partial charge on any atom is -0.495 e. The molecule has 178 valence electrons. The van der Waals surface area contributed by atoms with Crippen LogP contribution in [0.15, 0.2) is 40.1 Å². The number of rotatable bonds is 6. The van der Waals surface area contributed by atoms with Gasteiger partial charge in [0, 0.05) is 28.2 Å². The highest BCUT2D eigenvalue weighted by Crippen LogP contribution is 2.29. The molecule has 0 aliphatic carbocycles. The fourth-order valence-electron chi connectivity index (χ4n) is 2.45. The summed E-state index contributed by atoms with van der Waals surface area (Å²) in [6.45, 7) is 0. The number of ether oxygens (including phenoxy) is 2. The minimum atomic E-state index is -4.03. The molecule has 2 rings (SSSR count). The minimum absolute atomic E-state index is 0.0225. The van der Waals surface area contributed by atoms with Gasteiger partial charge in [-0.3, -0.25) is 0 Å². The Labute approximate surface area is 193 Å². The lowest BCUT2D eigenvalue weighted by Crippen LogP contribution is -2.24. The van der Waals surface area contributed by atoms with E-state index in [1.807, 2.05) is 6.07 Å². The molecule has 0 amide bonds. The van der Waals surface area contributed by atoms with Crippen LogP contribution in [0.4, 0.5) is 4.39 Å². The fourth-order valence-corrected chi connectivity index (χ4v) is 4.58. The van der Waals surface area contributed by atoms with Gasteiger partial charge in [-0.2, -0.15) is 10.5 Å². The SMILES string of the molecule is COc1ccc(F)c(S(=O)(=O)N(C)C)c1C#N.COc1cccc(S(=O)(=O)N(C)C)c1C#N. The van der Waals surface area contributed by atoms with Crippen LogP contribution in [-0.4, -0.2) is 67.9 Å². The van der Waals surface area contributed by atoms with Crippen molar-refractivity contribution in [3.05, 3.63) is 47.3 Å². The predicted molar refractivity (Wildman–Crippen MR) is 117 cm³/mol. The molecule has 0 radical (unpaired) electrons. The summed E-state index contributed by atoms with van der Waals surface area (Å²) in [6, 6.07) is 10.1. The fraction of sp³-hybridized carbons (Fsp3) is 0.300. The zero-order chi connectivity index (χ0) is 25.6. The molecule has 0 unspecified atom stereocenters. The monoisotopic (exact) mass is 498 g/mol. The summed E-state index contributed by atoms with van der Waals surface area (Å²) >= 11 is 0.